The van der Waals surface area contributed by atoms with Crippen molar-refractivity contribution >= 4 is 5.84 Å². The molecule has 1 aromatic heterocycles. The van der Waals surface area contributed by atoms with Crippen LogP contribution in [0.15, 0.2) is 12.1 Å². The Hall–Kier alpha value is -1.58. The number of aryl methyl sites for hydroxylation is 1. The Morgan fingerprint density at radius 1 is 1.35 bits per heavy atom. The molecule has 17 heavy (non-hydrogen) atoms. The number of aromatic nitrogens is 1. The summed E-state index contributed by atoms with van der Waals surface area (Å²) in [6.07, 6.45) is 6.11. The zero-order valence-corrected chi connectivity index (χ0v) is 10.2. The molecule has 0 atom stereocenters. The molecular formula is C13H19N3O. The third kappa shape index (κ3) is 2.96. The van der Waals surface area contributed by atoms with Gasteiger partial charge in [0.1, 0.15) is 11.9 Å². The SMILES string of the molecule is Cc1ccc(C(=N)N)c(OC2CCCCC2)n1. The maximum absolute atomic E-state index is 7.52. The smallest absolute Gasteiger partial charge is 0.225 e. The van der Waals surface area contributed by atoms with Crippen LogP contribution < -0.4 is 10.5 Å². The lowest BCUT2D eigenvalue weighted by Gasteiger charge is -2.23. The fourth-order valence-electron chi connectivity index (χ4n) is 2.17. The molecule has 0 spiro atoms. The maximum atomic E-state index is 7.52. The number of nitrogens with one attached hydrogen (secondary N) is 1. The Balaban J connectivity index is 2.17. The van der Waals surface area contributed by atoms with Crippen LogP contribution in [0.3, 0.4) is 0 Å². The van der Waals surface area contributed by atoms with Crippen LogP contribution in [0.1, 0.15) is 43.4 Å². The van der Waals surface area contributed by atoms with Crippen LogP contribution in [-0.4, -0.2) is 16.9 Å². The highest BCUT2D eigenvalue weighted by atomic mass is 16.5. The molecule has 0 aliphatic heterocycles. The molecule has 4 nitrogen and oxygen atoms in total. The van der Waals surface area contributed by atoms with Crippen molar-refractivity contribution in [1.29, 1.82) is 5.41 Å². The molecule has 0 amide bonds. The van der Waals surface area contributed by atoms with Crippen molar-refractivity contribution in [3.63, 3.8) is 0 Å². The molecule has 0 bridgehead atoms. The molecule has 2 rings (SSSR count). The normalized spacial score (nSPS) is 16.8. The fourth-order valence-corrected chi connectivity index (χ4v) is 2.17. The lowest BCUT2D eigenvalue weighted by Crippen LogP contribution is -2.23. The predicted molar refractivity (Wildman–Crippen MR) is 67.5 cm³/mol. The highest BCUT2D eigenvalue weighted by Gasteiger charge is 2.18. The second kappa shape index (κ2) is 5.17. The van der Waals surface area contributed by atoms with E-state index in [0.717, 1.165) is 18.5 Å². The number of ether oxygens (including phenoxy) is 1. The van der Waals surface area contributed by atoms with Crippen LogP contribution in [0.5, 0.6) is 5.88 Å². The van der Waals surface area contributed by atoms with Crippen molar-refractivity contribution in [2.24, 2.45) is 5.73 Å². The molecule has 1 heterocycles. The van der Waals surface area contributed by atoms with Crippen molar-refractivity contribution < 1.29 is 4.74 Å². The first kappa shape index (κ1) is 11.9. The van der Waals surface area contributed by atoms with E-state index in [1.54, 1.807) is 0 Å². The topological polar surface area (TPSA) is 72.0 Å². The Kier molecular flexibility index (Phi) is 3.61. The first-order chi connectivity index (χ1) is 8.16. The quantitative estimate of drug-likeness (QED) is 0.622. The summed E-state index contributed by atoms with van der Waals surface area (Å²) >= 11 is 0. The summed E-state index contributed by atoms with van der Waals surface area (Å²) in [5, 5.41) is 7.52. The van der Waals surface area contributed by atoms with E-state index >= 15 is 0 Å². The van der Waals surface area contributed by atoms with Crippen molar-refractivity contribution in [2.45, 2.75) is 45.1 Å². The van der Waals surface area contributed by atoms with Crippen LogP contribution in [0.2, 0.25) is 0 Å². The van der Waals surface area contributed by atoms with Gasteiger partial charge in [-0.2, -0.15) is 0 Å². The molecule has 4 heteroatoms. The Morgan fingerprint density at radius 3 is 2.71 bits per heavy atom. The van der Waals surface area contributed by atoms with Gasteiger partial charge in [0.25, 0.3) is 0 Å². The second-order valence-electron chi connectivity index (χ2n) is 4.60. The molecule has 1 aliphatic carbocycles. The van der Waals surface area contributed by atoms with Crippen LogP contribution in [0.4, 0.5) is 0 Å². The minimum Gasteiger partial charge on any atom is -0.474 e. The number of nitrogen functional groups attached to an aromatic ring is 1. The van der Waals surface area contributed by atoms with Gasteiger partial charge in [-0.15, -0.1) is 0 Å². The summed E-state index contributed by atoms with van der Waals surface area (Å²) in [5.41, 5.74) is 7.02. The number of pyridine rings is 1. The Morgan fingerprint density at radius 2 is 2.06 bits per heavy atom. The van der Waals surface area contributed by atoms with Crippen LogP contribution >= 0.6 is 0 Å². The average molecular weight is 233 g/mol. The predicted octanol–water partition coefficient (Wildman–Crippen LogP) is 2.39. The zero-order valence-electron chi connectivity index (χ0n) is 10.2. The molecule has 0 saturated heterocycles. The summed E-state index contributed by atoms with van der Waals surface area (Å²) in [7, 11) is 0. The van der Waals surface area contributed by atoms with Crippen molar-refractivity contribution in [1.82, 2.24) is 4.98 Å². The summed E-state index contributed by atoms with van der Waals surface area (Å²) in [5.74, 6) is 0.535. The molecule has 0 aromatic carbocycles. The molecule has 0 unspecified atom stereocenters. The summed E-state index contributed by atoms with van der Waals surface area (Å²) in [6.45, 7) is 1.91. The van der Waals surface area contributed by atoms with Gasteiger partial charge in [-0.25, -0.2) is 4.98 Å². The maximum Gasteiger partial charge on any atom is 0.225 e. The van der Waals surface area contributed by atoms with E-state index in [-0.39, 0.29) is 11.9 Å². The van der Waals surface area contributed by atoms with Gasteiger partial charge < -0.3 is 10.5 Å². The standard InChI is InChI=1S/C13H19N3O/c1-9-7-8-11(12(14)15)13(16-9)17-10-5-3-2-4-6-10/h7-8,10H,2-6H2,1H3,(H3,14,15). The number of nitrogens with two attached hydrogens (primary N) is 1. The van der Waals surface area contributed by atoms with Crippen LogP contribution in [-0.2, 0) is 0 Å². The highest BCUT2D eigenvalue weighted by molar-refractivity contribution is 5.97. The lowest BCUT2D eigenvalue weighted by molar-refractivity contribution is 0.148. The van der Waals surface area contributed by atoms with Gasteiger partial charge in [0.2, 0.25) is 5.88 Å². The third-order valence-corrected chi connectivity index (χ3v) is 3.12. The van der Waals surface area contributed by atoms with E-state index in [4.69, 9.17) is 15.9 Å². The fraction of sp³-hybridized carbons (Fsp3) is 0.538. The first-order valence-corrected chi connectivity index (χ1v) is 6.15. The van der Waals surface area contributed by atoms with Crippen LogP contribution in [0.25, 0.3) is 0 Å². The van der Waals surface area contributed by atoms with Crippen molar-refractivity contribution in [3.05, 3.63) is 23.4 Å². The molecule has 1 aliphatic rings. The molecule has 1 fully saturated rings. The first-order valence-electron chi connectivity index (χ1n) is 6.15. The van der Waals surface area contributed by atoms with E-state index in [0.29, 0.717) is 11.4 Å². The van der Waals surface area contributed by atoms with Gasteiger partial charge >= 0.3 is 0 Å². The van der Waals surface area contributed by atoms with Gasteiger partial charge in [-0.05, 0) is 44.7 Å². The summed E-state index contributed by atoms with van der Waals surface area (Å²) < 4.78 is 5.90. The van der Waals surface area contributed by atoms with E-state index in [2.05, 4.69) is 4.98 Å². The minimum atomic E-state index is 0.0170. The highest BCUT2D eigenvalue weighted by Crippen LogP contribution is 2.24. The molecular weight excluding hydrogens is 214 g/mol. The Labute approximate surface area is 102 Å². The van der Waals surface area contributed by atoms with Crippen LogP contribution in [0, 0.1) is 12.3 Å². The van der Waals surface area contributed by atoms with Gasteiger partial charge in [0, 0.05) is 5.69 Å². The van der Waals surface area contributed by atoms with Gasteiger partial charge in [-0.1, -0.05) is 6.42 Å². The number of nitrogens with zero attached hydrogens (tertiary/aromatic N) is 1. The zero-order chi connectivity index (χ0) is 12.3. The van der Waals surface area contributed by atoms with E-state index in [9.17, 15) is 0 Å². The molecule has 1 saturated carbocycles. The number of amidine groups is 1. The molecule has 0 radical (unpaired) electrons. The van der Waals surface area contributed by atoms with Gasteiger partial charge in [0.15, 0.2) is 0 Å². The van der Waals surface area contributed by atoms with Gasteiger partial charge in [-0.3, -0.25) is 5.41 Å². The average Bonchev–Trinajstić information content (AvgIpc) is 2.30. The monoisotopic (exact) mass is 233 g/mol. The van der Waals surface area contributed by atoms with Gasteiger partial charge in [0.05, 0.1) is 5.56 Å². The number of hydrogen-bond donors (Lipinski definition) is 2. The summed E-state index contributed by atoms with van der Waals surface area (Å²) in [6, 6.07) is 3.66. The Bertz CT molecular complexity index is 411. The molecule has 92 valence electrons. The van der Waals surface area contributed by atoms with Crippen molar-refractivity contribution in [3.8, 4) is 5.88 Å². The number of hydrogen-bond acceptors (Lipinski definition) is 3. The molecule has 1 aromatic rings. The van der Waals surface area contributed by atoms with E-state index < -0.39 is 0 Å². The van der Waals surface area contributed by atoms with Crippen molar-refractivity contribution in [2.75, 3.05) is 0 Å². The minimum absolute atomic E-state index is 0.0170. The van der Waals surface area contributed by atoms with E-state index in [1.165, 1.54) is 19.3 Å². The van der Waals surface area contributed by atoms with E-state index in [1.807, 2.05) is 19.1 Å². The largest absolute Gasteiger partial charge is 0.474 e. The third-order valence-electron chi connectivity index (χ3n) is 3.12. The summed E-state index contributed by atoms with van der Waals surface area (Å²) in [4.78, 5) is 4.35. The molecule has 3 N–H and O–H groups in total. The second-order valence-corrected chi connectivity index (χ2v) is 4.60. The number of rotatable bonds is 3. The lowest BCUT2D eigenvalue weighted by atomic mass is 9.98.